The van der Waals surface area contributed by atoms with Crippen molar-refractivity contribution in [1.82, 2.24) is 20.3 Å². The van der Waals surface area contributed by atoms with Gasteiger partial charge in [-0.2, -0.15) is 0 Å². The molecular formula is C16H14N6O3S2. The van der Waals surface area contributed by atoms with Crippen LogP contribution in [0.25, 0.3) is 0 Å². The molecule has 0 aliphatic rings. The number of rotatable bonds is 8. The first-order valence-electron chi connectivity index (χ1n) is 7.70. The Kier molecular flexibility index (Phi) is 6.77. The van der Waals surface area contributed by atoms with E-state index in [4.69, 9.17) is 0 Å². The Morgan fingerprint density at radius 1 is 0.815 bits per heavy atom. The van der Waals surface area contributed by atoms with Crippen molar-refractivity contribution in [2.75, 3.05) is 22.1 Å². The van der Waals surface area contributed by atoms with Gasteiger partial charge in [0.25, 0.3) is 0 Å². The molecule has 0 radical (unpaired) electrons. The molecule has 0 bridgehead atoms. The number of anilines is 2. The van der Waals surface area contributed by atoms with E-state index in [9.17, 15) is 9.59 Å². The molecule has 0 aliphatic carbocycles. The number of carbonyl (C=O) groups is 2. The van der Waals surface area contributed by atoms with Crippen LogP contribution in [0.15, 0.2) is 63.5 Å². The first-order valence-corrected chi connectivity index (χ1v) is 9.68. The maximum atomic E-state index is 12.0. The van der Waals surface area contributed by atoms with Gasteiger partial charge < -0.3 is 10.6 Å². The van der Waals surface area contributed by atoms with Crippen molar-refractivity contribution < 1.29 is 14.2 Å². The maximum Gasteiger partial charge on any atom is 0.236 e. The van der Waals surface area contributed by atoms with Crippen LogP contribution >= 0.6 is 23.5 Å². The lowest BCUT2D eigenvalue weighted by Gasteiger charge is -2.04. The minimum Gasteiger partial charge on any atom is -0.304 e. The molecule has 3 aromatic rings. The molecule has 0 saturated carbocycles. The number of pyridine rings is 2. The van der Waals surface area contributed by atoms with Crippen molar-refractivity contribution >= 4 is 47.0 Å². The number of aromatic nitrogens is 4. The number of hydrogen-bond donors (Lipinski definition) is 2. The number of nitrogens with one attached hydrogen (secondary N) is 2. The second-order valence-electron chi connectivity index (χ2n) is 4.97. The fourth-order valence-electron chi connectivity index (χ4n) is 1.83. The van der Waals surface area contributed by atoms with Crippen LogP contribution in [0.5, 0.6) is 0 Å². The van der Waals surface area contributed by atoms with Gasteiger partial charge in [0, 0.05) is 12.4 Å². The minimum absolute atomic E-state index is 0.0535. The third-order valence-corrected chi connectivity index (χ3v) is 4.87. The van der Waals surface area contributed by atoms with Gasteiger partial charge in [-0.1, -0.05) is 35.7 Å². The van der Waals surface area contributed by atoms with Crippen LogP contribution in [0.2, 0.25) is 0 Å². The first kappa shape index (κ1) is 18.9. The maximum absolute atomic E-state index is 12.0. The molecule has 0 unspecified atom stereocenters. The second kappa shape index (κ2) is 9.69. The first-order chi connectivity index (χ1) is 13.2. The molecule has 3 aromatic heterocycles. The van der Waals surface area contributed by atoms with Crippen molar-refractivity contribution in [1.29, 1.82) is 0 Å². The summed E-state index contributed by atoms with van der Waals surface area (Å²) < 4.78 is 4.61. The van der Waals surface area contributed by atoms with Gasteiger partial charge in [-0.05, 0) is 34.6 Å². The molecule has 3 rings (SSSR count). The Morgan fingerprint density at radius 2 is 1.30 bits per heavy atom. The molecule has 0 atom stereocenters. The van der Waals surface area contributed by atoms with E-state index in [1.165, 1.54) is 23.5 Å². The van der Waals surface area contributed by atoms with Crippen molar-refractivity contribution in [3.8, 4) is 0 Å². The molecule has 0 aliphatic heterocycles. The molecule has 27 heavy (non-hydrogen) atoms. The summed E-state index contributed by atoms with van der Waals surface area (Å²) in [6.45, 7) is 0. The highest BCUT2D eigenvalue weighted by Gasteiger charge is 2.16. The van der Waals surface area contributed by atoms with Crippen LogP contribution < -0.4 is 10.6 Å². The number of nitrogens with zero attached hydrogens (tertiary/aromatic N) is 4. The van der Waals surface area contributed by atoms with Gasteiger partial charge in [0.05, 0.1) is 21.6 Å². The molecule has 0 aromatic carbocycles. The van der Waals surface area contributed by atoms with Gasteiger partial charge in [0.15, 0.2) is 0 Å². The average Bonchev–Trinajstić information content (AvgIpc) is 3.13. The highest BCUT2D eigenvalue weighted by Crippen LogP contribution is 2.19. The Hall–Kier alpha value is -2.92. The predicted molar refractivity (Wildman–Crippen MR) is 101 cm³/mol. The lowest BCUT2D eigenvalue weighted by Crippen LogP contribution is -2.19. The van der Waals surface area contributed by atoms with E-state index in [1.54, 1.807) is 36.7 Å². The molecule has 0 spiro atoms. The summed E-state index contributed by atoms with van der Waals surface area (Å²) >= 11 is 2.55. The molecule has 3 heterocycles. The summed E-state index contributed by atoms with van der Waals surface area (Å²) in [6.07, 6.45) is 3.30. The fraction of sp³-hybridized carbons (Fsp3) is 0.125. The quantitative estimate of drug-likeness (QED) is 0.546. The highest BCUT2D eigenvalue weighted by molar-refractivity contribution is 8.00. The standard InChI is InChI=1S/C16H14N6O3S2/c23-11(9-26-13-5-1-3-7-17-13)19-15-16(22-25-21-15)20-12(24)10-27-14-6-2-4-8-18-14/h1-8H,9-10H2,(H,19,21,23)(H,20,22,24). The largest absolute Gasteiger partial charge is 0.304 e. The van der Waals surface area contributed by atoms with Crippen LogP contribution in [0.4, 0.5) is 11.6 Å². The van der Waals surface area contributed by atoms with Gasteiger partial charge in [-0.3, -0.25) is 9.59 Å². The number of carbonyl (C=O) groups excluding carboxylic acids is 2. The second-order valence-corrected chi connectivity index (χ2v) is 6.96. The van der Waals surface area contributed by atoms with Gasteiger partial charge in [0.1, 0.15) is 0 Å². The van der Waals surface area contributed by atoms with E-state index in [0.717, 1.165) is 10.1 Å². The van der Waals surface area contributed by atoms with E-state index in [2.05, 4.69) is 35.5 Å². The lowest BCUT2D eigenvalue weighted by molar-refractivity contribution is -0.114. The molecule has 2 amide bonds. The molecule has 0 fully saturated rings. The number of amides is 2. The molecule has 9 nitrogen and oxygen atoms in total. The summed E-state index contributed by atoms with van der Waals surface area (Å²) in [5.74, 6) is -0.269. The van der Waals surface area contributed by atoms with Gasteiger partial charge in [-0.15, -0.1) is 0 Å². The zero-order chi connectivity index (χ0) is 18.9. The summed E-state index contributed by atoms with van der Waals surface area (Å²) in [5, 5.41) is 13.8. The third-order valence-electron chi connectivity index (χ3n) is 2.98. The Morgan fingerprint density at radius 3 is 1.70 bits per heavy atom. The van der Waals surface area contributed by atoms with E-state index < -0.39 is 0 Å². The van der Waals surface area contributed by atoms with E-state index >= 15 is 0 Å². The minimum atomic E-state index is -0.320. The molecular weight excluding hydrogens is 388 g/mol. The zero-order valence-corrected chi connectivity index (χ0v) is 15.5. The zero-order valence-electron chi connectivity index (χ0n) is 13.9. The van der Waals surface area contributed by atoms with Gasteiger partial charge in [-0.25, -0.2) is 14.6 Å². The Balaban J connectivity index is 1.48. The molecule has 0 saturated heterocycles. The van der Waals surface area contributed by atoms with Crippen LogP contribution in [0.1, 0.15) is 0 Å². The summed E-state index contributed by atoms with van der Waals surface area (Å²) in [5.41, 5.74) is 0. The van der Waals surface area contributed by atoms with Gasteiger partial charge in [0.2, 0.25) is 23.5 Å². The van der Waals surface area contributed by atoms with E-state index in [1.807, 2.05) is 12.1 Å². The van der Waals surface area contributed by atoms with Crippen molar-refractivity contribution in [3.05, 3.63) is 48.8 Å². The predicted octanol–water partition coefficient (Wildman–Crippen LogP) is 2.32. The third kappa shape index (κ3) is 6.08. The normalized spacial score (nSPS) is 10.4. The highest BCUT2D eigenvalue weighted by atomic mass is 32.2. The summed E-state index contributed by atoms with van der Waals surface area (Å²) in [7, 11) is 0. The Labute approximate surface area is 162 Å². The number of thioether (sulfide) groups is 2. The molecule has 138 valence electrons. The Bertz CT molecular complexity index is 819. The molecule has 2 N–H and O–H groups in total. The SMILES string of the molecule is O=C(CSc1ccccn1)Nc1nonc1NC(=O)CSc1ccccn1. The van der Waals surface area contributed by atoms with Crippen LogP contribution in [-0.4, -0.2) is 43.6 Å². The fourth-order valence-corrected chi connectivity index (χ4v) is 3.16. The monoisotopic (exact) mass is 402 g/mol. The number of hydrogen-bond acceptors (Lipinski definition) is 9. The van der Waals surface area contributed by atoms with Crippen LogP contribution in [-0.2, 0) is 9.59 Å². The van der Waals surface area contributed by atoms with E-state index in [-0.39, 0.29) is 35.0 Å². The average molecular weight is 402 g/mol. The van der Waals surface area contributed by atoms with E-state index in [0.29, 0.717) is 0 Å². The smallest absolute Gasteiger partial charge is 0.236 e. The van der Waals surface area contributed by atoms with Crippen LogP contribution in [0.3, 0.4) is 0 Å². The van der Waals surface area contributed by atoms with Crippen molar-refractivity contribution in [2.45, 2.75) is 10.1 Å². The summed E-state index contributed by atoms with van der Waals surface area (Å²) in [6, 6.07) is 10.9. The van der Waals surface area contributed by atoms with Gasteiger partial charge >= 0.3 is 0 Å². The topological polar surface area (TPSA) is 123 Å². The molecule has 11 heteroatoms. The lowest BCUT2D eigenvalue weighted by atomic mass is 10.5. The van der Waals surface area contributed by atoms with Crippen LogP contribution in [0, 0.1) is 0 Å². The van der Waals surface area contributed by atoms with Crippen molar-refractivity contribution in [3.63, 3.8) is 0 Å². The van der Waals surface area contributed by atoms with Crippen molar-refractivity contribution in [2.24, 2.45) is 0 Å². The summed E-state index contributed by atoms with van der Waals surface area (Å²) in [4.78, 5) is 32.3.